The lowest BCUT2D eigenvalue weighted by molar-refractivity contribution is 0.159. The molecule has 4 aromatic rings. The summed E-state index contributed by atoms with van der Waals surface area (Å²) in [7, 11) is 1.63. The van der Waals surface area contributed by atoms with Gasteiger partial charge in [-0.2, -0.15) is 5.10 Å². The summed E-state index contributed by atoms with van der Waals surface area (Å²) in [5, 5.41) is 11.0. The van der Waals surface area contributed by atoms with Gasteiger partial charge in [0.25, 0.3) is 0 Å². The number of carbonyl (C=O) groups is 1. The number of hydrogen-bond acceptors (Lipinski definition) is 5. The Kier molecular flexibility index (Phi) is 8.41. The van der Waals surface area contributed by atoms with Gasteiger partial charge < -0.3 is 10.1 Å². The van der Waals surface area contributed by atoms with E-state index in [1.165, 1.54) is 6.07 Å². The van der Waals surface area contributed by atoms with Gasteiger partial charge in [0.1, 0.15) is 5.82 Å². The standard InChI is InChI=1S/C31H34F2N6O2/c1-19-14-23(15-20(2)34-19)29-21(3)30(39(37-29)24-8-6-5-7-9-24)36-31(40)35-28-18-38(12-13-41-4)17-25(28)22-10-11-26(32)27(33)16-22/h5-11,14-16,25,28H,12-13,17-18H2,1-4H3,(H2,35,36,40)/t25-,28+/m0/s1. The molecule has 214 valence electrons. The number of urea groups is 1. The number of para-hydroxylation sites is 1. The Morgan fingerprint density at radius 2 is 1.73 bits per heavy atom. The van der Waals surface area contributed by atoms with Crippen molar-refractivity contribution < 1.29 is 18.3 Å². The molecule has 8 nitrogen and oxygen atoms in total. The summed E-state index contributed by atoms with van der Waals surface area (Å²) in [6.45, 7) is 8.10. The number of aromatic nitrogens is 3. The van der Waals surface area contributed by atoms with E-state index in [1.807, 2.05) is 63.2 Å². The van der Waals surface area contributed by atoms with Gasteiger partial charge in [-0.25, -0.2) is 18.3 Å². The molecule has 41 heavy (non-hydrogen) atoms. The van der Waals surface area contributed by atoms with Crippen LogP contribution in [0.4, 0.5) is 19.4 Å². The molecular weight excluding hydrogens is 526 g/mol. The highest BCUT2D eigenvalue weighted by Crippen LogP contribution is 2.32. The molecule has 3 heterocycles. The number of hydrogen-bond donors (Lipinski definition) is 2. The van der Waals surface area contributed by atoms with E-state index in [0.717, 1.165) is 40.0 Å². The Morgan fingerprint density at radius 1 is 1.00 bits per heavy atom. The Morgan fingerprint density at radius 3 is 2.41 bits per heavy atom. The van der Waals surface area contributed by atoms with Gasteiger partial charge in [-0.15, -0.1) is 0 Å². The Bertz CT molecular complexity index is 1520. The van der Waals surface area contributed by atoms with Crippen LogP contribution in [-0.4, -0.2) is 65.1 Å². The molecule has 1 saturated heterocycles. The van der Waals surface area contributed by atoms with Crippen LogP contribution < -0.4 is 10.6 Å². The van der Waals surface area contributed by atoms with Gasteiger partial charge in [0.2, 0.25) is 0 Å². The predicted molar refractivity (Wildman–Crippen MR) is 154 cm³/mol. The lowest BCUT2D eigenvalue weighted by Gasteiger charge is -2.21. The average molecular weight is 561 g/mol. The fourth-order valence-corrected chi connectivity index (χ4v) is 5.47. The molecule has 0 radical (unpaired) electrons. The van der Waals surface area contributed by atoms with Crippen LogP contribution in [0.5, 0.6) is 0 Å². The molecule has 0 spiro atoms. The van der Waals surface area contributed by atoms with E-state index in [-0.39, 0.29) is 12.0 Å². The smallest absolute Gasteiger partial charge is 0.320 e. The van der Waals surface area contributed by atoms with Crippen molar-refractivity contribution in [2.75, 3.05) is 38.7 Å². The molecule has 5 rings (SSSR count). The van der Waals surface area contributed by atoms with Gasteiger partial charge >= 0.3 is 6.03 Å². The first kappa shape index (κ1) is 28.4. The summed E-state index contributed by atoms with van der Waals surface area (Å²) < 4.78 is 34.8. The molecule has 2 aromatic carbocycles. The van der Waals surface area contributed by atoms with Crippen molar-refractivity contribution in [3.05, 3.63) is 94.8 Å². The van der Waals surface area contributed by atoms with E-state index in [1.54, 1.807) is 17.9 Å². The van der Waals surface area contributed by atoms with Crippen LogP contribution in [0.1, 0.15) is 28.4 Å². The van der Waals surface area contributed by atoms with Crippen LogP contribution in [-0.2, 0) is 4.74 Å². The van der Waals surface area contributed by atoms with Crippen molar-refractivity contribution in [1.82, 2.24) is 25.0 Å². The highest BCUT2D eigenvalue weighted by Gasteiger charge is 2.35. The van der Waals surface area contributed by atoms with E-state index in [4.69, 9.17) is 9.84 Å². The van der Waals surface area contributed by atoms with Gasteiger partial charge in [0, 0.05) is 55.2 Å². The van der Waals surface area contributed by atoms with Gasteiger partial charge in [0.05, 0.1) is 24.0 Å². The third-order valence-corrected chi connectivity index (χ3v) is 7.41. The van der Waals surface area contributed by atoms with Crippen LogP contribution in [0.25, 0.3) is 16.9 Å². The quantitative estimate of drug-likeness (QED) is 0.303. The largest absolute Gasteiger partial charge is 0.383 e. The van der Waals surface area contributed by atoms with Crippen molar-refractivity contribution in [3.63, 3.8) is 0 Å². The highest BCUT2D eigenvalue weighted by molar-refractivity contribution is 5.91. The second-order valence-corrected chi connectivity index (χ2v) is 10.4. The topological polar surface area (TPSA) is 84.3 Å². The van der Waals surface area contributed by atoms with Crippen LogP contribution in [0, 0.1) is 32.4 Å². The molecular formula is C31H34F2N6O2. The number of carbonyl (C=O) groups excluding carboxylic acids is 1. The van der Waals surface area contributed by atoms with Gasteiger partial charge in [-0.05, 0) is 62.7 Å². The number of aryl methyl sites for hydroxylation is 2. The summed E-state index contributed by atoms with van der Waals surface area (Å²) in [4.78, 5) is 20.2. The fraction of sp³-hybridized carbons (Fsp3) is 0.323. The molecule has 1 fully saturated rings. The highest BCUT2D eigenvalue weighted by atomic mass is 19.2. The van der Waals surface area contributed by atoms with Crippen LogP contribution >= 0.6 is 0 Å². The Labute approximate surface area is 238 Å². The molecule has 2 N–H and O–H groups in total. The van der Waals surface area contributed by atoms with Crippen molar-refractivity contribution in [1.29, 1.82) is 0 Å². The molecule has 2 amide bonds. The summed E-state index contributed by atoms with van der Waals surface area (Å²) >= 11 is 0. The summed E-state index contributed by atoms with van der Waals surface area (Å²) in [6, 6.07) is 16.7. The second kappa shape index (κ2) is 12.2. The number of nitrogens with one attached hydrogen (secondary N) is 2. The van der Waals surface area contributed by atoms with Crippen LogP contribution in [0.15, 0.2) is 60.7 Å². The second-order valence-electron chi connectivity index (χ2n) is 10.4. The molecule has 0 bridgehead atoms. The minimum atomic E-state index is -0.905. The van der Waals surface area contributed by atoms with Crippen LogP contribution in [0.3, 0.4) is 0 Å². The molecule has 10 heteroatoms. The number of ether oxygens (including phenoxy) is 1. The van der Waals surface area contributed by atoms with Gasteiger partial charge in [-0.3, -0.25) is 15.2 Å². The summed E-state index contributed by atoms with van der Waals surface area (Å²) in [6.07, 6.45) is 0. The number of methoxy groups -OCH3 is 1. The average Bonchev–Trinajstić information content (AvgIpc) is 3.49. The third-order valence-electron chi connectivity index (χ3n) is 7.41. The first-order valence-electron chi connectivity index (χ1n) is 13.6. The molecule has 0 saturated carbocycles. The zero-order chi connectivity index (χ0) is 29.1. The van der Waals surface area contributed by atoms with Gasteiger partial charge in [0.15, 0.2) is 11.6 Å². The van der Waals surface area contributed by atoms with Gasteiger partial charge in [-0.1, -0.05) is 24.3 Å². The summed E-state index contributed by atoms with van der Waals surface area (Å²) in [5.74, 6) is -1.50. The number of halogens is 2. The molecule has 1 aliphatic rings. The maximum absolute atomic E-state index is 14.1. The van der Waals surface area contributed by atoms with E-state index in [9.17, 15) is 13.6 Å². The minimum absolute atomic E-state index is 0.230. The molecule has 0 unspecified atom stereocenters. The molecule has 2 aromatic heterocycles. The maximum atomic E-state index is 14.1. The normalized spacial score (nSPS) is 17.1. The number of rotatable bonds is 8. The maximum Gasteiger partial charge on any atom is 0.320 e. The fourth-order valence-electron chi connectivity index (χ4n) is 5.47. The van der Waals surface area contributed by atoms with Crippen molar-refractivity contribution in [2.45, 2.75) is 32.7 Å². The Hall–Kier alpha value is -4.15. The first-order valence-corrected chi connectivity index (χ1v) is 13.6. The first-order chi connectivity index (χ1) is 19.7. The predicted octanol–water partition coefficient (Wildman–Crippen LogP) is 5.37. The number of anilines is 1. The summed E-state index contributed by atoms with van der Waals surface area (Å²) in [5.41, 5.74) is 5.64. The number of amides is 2. The van der Waals surface area contributed by atoms with E-state index in [0.29, 0.717) is 37.6 Å². The van der Waals surface area contributed by atoms with Crippen molar-refractivity contribution in [3.8, 4) is 16.9 Å². The van der Waals surface area contributed by atoms with E-state index < -0.39 is 17.7 Å². The SMILES string of the molecule is COCCN1C[C@@H](NC(=O)Nc2c(C)c(-c3cc(C)nc(C)c3)nn2-c2ccccc2)[C@H](c2ccc(F)c(F)c2)C1. The van der Waals surface area contributed by atoms with Crippen LogP contribution in [0.2, 0.25) is 0 Å². The number of benzene rings is 2. The molecule has 2 atom stereocenters. The lowest BCUT2D eigenvalue weighted by Crippen LogP contribution is -2.42. The monoisotopic (exact) mass is 560 g/mol. The zero-order valence-electron chi connectivity index (χ0n) is 23.6. The molecule has 1 aliphatic heterocycles. The molecule has 0 aliphatic carbocycles. The minimum Gasteiger partial charge on any atom is -0.383 e. The zero-order valence-corrected chi connectivity index (χ0v) is 23.6. The lowest BCUT2D eigenvalue weighted by atomic mass is 9.94. The number of nitrogens with zero attached hydrogens (tertiary/aromatic N) is 4. The van der Waals surface area contributed by atoms with Crippen molar-refractivity contribution in [2.24, 2.45) is 0 Å². The number of pyridine rings is 1. The van der Waals surface area contributed by atoms with E-state index >= 15 is 0 Å². The van der Waals surface area contributed by atoms with Crippen molar-refractivity contribution >= 4 is 11.8 Å². The third kappa shape index (κ3) is 6.28. The number of likely N-dealkylation sites (tertiary alicyclic amines) is 1. The Balaban J connectivity index is 1.44. The van der Waals surface area contributed by atoms with E-state index in [2.05, 4.69) is 20.5 Å².